The van der Waals surface area contributed by atoms with Gasteiger partial charge >= 0.3 is 0 Å². The summed E-state index contributed by atoms with van der Waals surface area (Å²) in [4.78, 5) is 0. The van der Waals surface area contributed by atoms with E-state index in [9.17, 15) is 8.42 Å². The van der Waals surface area contributed by atoms with Crippen LogP contribution in [-0.2, 0) is 9.84 Å². The molecule has 1 heterocycles. The summed E-state index contributed by atoms with van der Waals surface area (Å²) in [5, 5.41) is 0. The molecule has 0 amide bonds. The lowest BCUT2D eigenvalue weighted by Gasteiger charge is -1.82. The van der Waals surface area contributed by atoms with Gasteiger partial charge < -0.3 is 0 Å². The second kappa shape index (κ2) is 5.15. The Labute approximate surface area is 85.9 Å². The number of rotatable bonds is 0. The van der Waals surface area contributed by atoms with Crippen LogP contribution >= 0.6 is 0 Å². The molecule has 1 aliphatic rings. The molecular weight excluding hydrogens is 196 g/mol. The molecule has 2 nitrogen and oxygen atoms in total. The summed E-state index contributed by atoms with van der Waals surface area (Å²) in [6.45, 7) is 2.08. The third-order valence-corrected chi connectivity index (χ3v) is 3.92. The molecule has 0 radical (unpaired) electrons. The van der Waals surface area contributed by atoms with Crippen molar-refractivity contribution in [1.82, 2.24) is 0 Å². The highest BCUT2D eigenvalue weighted by molar-refractivity contribution is 7.91. The highest BCUT2D eigenvalue weighted by atomic mass is 32.2. The molecule has 78 valence electrons. The maximum absolute atomic E-state index is 10.4. The molecule has 0 atom stereocenters. The first-order chi connectivity index (χ1) is 6.60. The molecule has 0 bridgehead atoms. The third kappa shape index (κ3) is 4.42. The minimum absolute atomic E-state index is 0.424. The summed E-state index contributed by atoms with van der Waals surface area (Å²) in [7, 11) is -2.55. The number of hydrogen-bond acceptors (Lipinski definition) is 2. The zero-order valence-electron chi connectivity index (χ0n) is 8.44. The lowest BCUT2D eigenvalue weighted by Crippen LogP contribution is -1.98. The van der Waals surface area contributed by atoms with Gasteiger partial charge in [-0.15, -0.1) is 0 Å². The van der Waals surface area contributed by atoms with E-state index in [4.69, 9.17) is 0 Å². The van der Waals surface area contributed by atoms with Crippen LogP contribution < -0.4 is 0 Å². The van der Waals surface area contributed by atoms with E-state index in [1.165, 1.54) is 5.56 Å². The van der Waals surface area contributed by atoms with E-state index in [0.29, 0.717) is 11.5 Å². The summed E-state index contributed by atoms with van der Waals surface area (Å²) >= 11 is 0. The maximum Gasteiger partial charge on any atom is 0.150 e. The molecule has 0 unspecified atom stereocenters. The van der Waals surface area contributed by atoms with E-state index in [-0.39, 0.29) is 0 Å². The van der Waals surface area contributed by atoms with Crippen LogP contribution in [0.15, 0.2) is 30.3 Å². The summed E-state index contributed by atoms with van der Waals surface area (Å²) in [6.07, 6.45) is 1.75. The van der Waals surface area contributed by atoms with Crippen LogP contribution in [0.3, 0.4) is 0 Å². The van der Waals surface area contributed by atoms with Crippen molar-refractivity contribution in [2.24, 2.45) is 0 Å². The second-order valence-electron chi connectivity index (χ2n) is 3.51. The monoisotopic (exact) mass is 212 g/mol. The van der Waals surface area contributed by atoms with Gasteiger partial charge in [-0.3, -0.25) is 0 Å². The van der Waals surface area contributed by atoms with Crippen molar-refractivity contribution in [2.75, 3.05) is 11.5 Å². The number of aryl methyl sites for hydroxylation is 1. The molecule has 2 rings (SSSR count). The summed E-state index contributed by atoms with van der Waals surface area (Å²) in [5.41, 5.74) is 1.32. The van der Waals surface area contributed by atoms with Crippen LogP contribution in [0.2, 0.25) is 0 Å². The Kier molecular flexibility index (Phi) is 4.14. The van der Waals surface area contributed by atoms with E-state index in [1.54, 1.807) is 0 Å². The Morgan fingerprint density at radius 3 is 1.71 bits per heavy atom. The molecule has 3 heteroatoms. The molecule has 0 aromatic heterocycles. The Bertz CT molecular complexity index is 342. The van der Waals surface area contributed by atoms with Gasteiger partial charge in [-0.25, -0.2) is 8.42 Å². The zero-order valence-corrected chi connectivity index (χ0v) is 9.26. The van der Waals surface area contributed by atoms with Crippen molar-refractivity contribution in [3.05, 3.63) is 35.9 Å². The van der Waals surface area contributed by atoms with E-state index in [1.807, 2.05) is 18.2 Å². The van der Waals surface area contributed by atoms with Gasteiger partial charge in [0.05, 0.1) is 11.5 Å². The first kappa shape index (κ1) is 11.2. The zero-order chi connectivity index (χ0) is 10.4. The Morgan fingerprint density at radius 1 is 1.00 bits per heavy atom. The molecule has 1 saturated heterocycles. The minimum Gasteiger partial charge on any atom is -0.229 e. The standard InChI is InChI=1S/C7H8.C4H8O2S/c1-7-5-3-2-4-6-7;5-7(6)3-1-2-4-7/h2-6H,1H3;1-4H2. The van der Waals surface area contributed by atoms with Crippen molar-refractivity contribution in [3.63, 3.8) is 0 Å². The average molecular weight is 212 g/mol. The highest BCUT2D eigenvalue weighted by Crippen LogP contribution is 2.08. The van der Waals surface area contributed by atoms with Crippen LogP contribution in [0, 0.1) is 6.92 Å². The lowest BCUT2D eigenvalue weighted by molar-refractivity contribution is 0.602. The summed E-state index contributed by atoms with van der Waals surface area (Å²) in [6, 6.07) is 10.3. The normalized spacial score (nSPS) is 18.4. The maximum atomic E-state index is 10.4. The first-order valence-electron chi connectivity index (χ1n) is 4.82. The molecule has 0 N–H and O–H groups in total. The molecule has 0 spiro atoms. The quantitative estimate of drug-likeness (QED) is 0.660. The number of hydrogen-bond donors (Lipinski definition) is 0. The molecule has 0 saturated carbocycles. The SMILES string of the molecule is Cc1ccccc1.O=S1(=O)CCCC1. The largest absolute Gasteiger partial charge is 0.229 e. The minimum atomic E-state index is -2.55. The lowest BCUT2D eigenvalue weighted by atomic mass is 10.2. The van der Waals surface area contributed by atoms with Gasteiger partial charge in [0, 0.05) is 0 Å². The van der Waals surface area contributed by atoms with Crippen LogP contribution in [0.5, 0.6) is 0 Å². The molecule has 1 aromatic carbocycles. The van der Waals surface area contributed by atoms with Crippen molar-refractivity contribution in [2.45, 2.75) is 19.8 Å². The second-order valence-corrected chi connectivity index (χ2v) is 5.82. The van der Waals surface area contributed by atoms with E-state index >= 15 is 0 Å². The van der Waals surface area contributed by atoms with Crippen LogP contribution in [0.25, 0.3) is 0 Å². The third-order valence-electron chi connectivity index (χ3n) is 2.10. The molecular formula is C11H16O2S. The van der Waals surface area contributed by atoms with E-state index in [2.05, 4.69) is 19.1 Å². The summed E-state index contributed by atoms with van der Waals surface area (Å²) < 4.78 is 20.9. The van der Waals surface area contributed by atoms with Crippen molar-refractivity contribution in [1.29, 1.82) is 0 Å². The van der Waals surface area contributed by atoms with Crippen molar-refractivity contribution < 1.29 is 8.42 Å². The van der Waals surface area contributed by atoms with Crippen LogP contribution in [0.1, 0.15) is 18.4 Å². The molecule has 14 heavy (non-hydrogen) atoms. The van der Waals surface area contributed by atoms with Gasteiger partial charge in [0.25, 0.3) is 0 Å². The predicted molar refractivity (Wildman–Crippen MR) is 59.1 cm³/mol. The first-order valence-corrected chi connectivity index (χ1v) is 6.64. The topological polar surface area (TPSA) is 34.1 Å². The summed E-state index contributed by atoms with van der Waals surface area (Å²) in [5.74, 6) is 0.847. The highest BCUT2D eigenvalue weighted by Gasteiger charge is 2.16. The Morgan fingerprint density at radius 2 is 1.50 bits per heavy atom. The predicted octanol–water partition coefficient (Wildman–Crippen LogP) is 2.19. The van der Waals surface area contributed by atoms with Gasteiger partial charge in [-0.1, -0.05) is 35.9 Å². The van der Waals surface area contributed by atoms with Crippen LogP contribution in [-0.4, -0.2) is 19.9 Å². The fraction of sp³-hybridized carbons (Fsp3) is 0.455. The fourth-order valence-electron chi connectivity index (χ4n) is 1.28. The number of benzene rings is 1. The van der Waals surface area contributed by atoms with Gasteiger partial charge in [0.15, 0.2) is 0 Å². The molecule has 0 aliphatic carbocycles. The van der Waals surface area contributed by atoms with Crippen LogP contribution in [0.4, 0.5) is 0 Å². The van der Waals surface area contributed by atoms with Gasteiger partial charge in [-0.2, -0.15) is 0 Å². The van der Waals surface area contributed by atoms with Crippen molar-refractivity contribution >= 4 is 9.84 Å². The van der Waals surface area contributed by atoms with Gasteiger partial charge in [-0.05, 0) is 19.8 Å². The smallest absolute Gasteiger partial charge is 0.150 e. The van der Waals surface area contributed by atoms with E-state index in [0.717, 1.165) is 12.8 Å². The fourth-order valence-corrected chi connectivity index (χ4v) is 2.77. The average Bonchev–Trinajstić information content (AvgIpc) is 2.52. The van der Waals surface area contributed by atoms with Crippen molar-refractivity contribution in [3.8, 4) is 0 Å². The molecule has 1 fully saturated rings. The number of sulfone groups is 1. The van der Waals surface area contributed by atoms with Gasteiger partial charge in [0.1, 0.15) is 9.84 Å². The van der Waals surface area contributed by atoms with Gasteiger partial charge in [0.2, 0.25) is 0 Å². The molecule has 1 aromatic rings. The molecule has 1 aliphatic heterocycles. The van der Waals surface area contributed by atoms with E-state index < -0.39 is 9.84 Å². The Balaban J connectivity index is 0.000000140. The Hall–Kier alpha value is -0.830.